The van der Waals surface area contributed by atoms with Crippen LogP contribution in [-0.4, -0.2) is 94.6 Å². The Labute approximate surface area is 268 Å². The van der Waals surface area contributed by atoms with Gasteiger partial charge in [-0.25, -0.2) is 20.2 Å². The van der Waals surface area contributed by atoms with Gasteiger partial charge in [0, 0.05) is 6.92 Å². The van der Waals surface area contributed by atoms with Crippen molar-refractivity contribution < 1.29 is 78.1 Å². The number of carbonyl (C=O) groups is 4. The Kier molecular flexibility index (Phi) is 17.0. The Hall–Kier alpha value is -4.31. The zero-order valence-corrected chi connectivity index (χ0v) is 26.5. The molecule has 2 atom stereocenters. The largest absolute Gasteiger partial charge is 2.00 e. The van der Waals surface area contributed by atoms with Crippen molar-refractivity contribution in [3.63, 3.8) is 0 Å². The average Bonchev–Trinajstić information content (AvgIpc) is 3.62. The van der Waals surface area contributed by atoms with Crippen LogP contribution in [0.2, 0.25) is 0 Å². The van der Waals surface area contributed by atoms with Crippen LogP contribution in [0.4, 0.5) is 9.59 Å². The van der Waals surface area contributed by atoms with Crippen molar-refractivity contribution in [3.05, 3.63) is 71.8 Å². The van der Waals surface area contributed by atoms with Gasteiger partial charge in [-0.3, -0.25) is 0 Å². The van der Waals surface area contributed by atoms with E-state index >= 15 is 0 Å². The van der Waals surface area contributed by atoms with E-state index < -0.39 is 24.0 Å². The van der Waals surface area contributed by atoms with Crippen molar-refractivity contribution >= 4 is 35.8 Å². The van der Waals surface area contributed by atoms with E-state index in [1.807, 2.05) is 60.7 Å². The second-order valence-electron chi connectivity index (χ2n) is 9.52. The van der Waals surface area contributed by atoms with Gasteiger partial charge in [0.05, 0.1) is 33.1 Å². The molecule has 2 unspecified atom stereocenters. The van der Waals surface area contributed by atoms with Crippen molar-refractivity contribution in [1.29, 1.82) is 5.26 Å². The van der Waals surface area contributed by atoms with Crippen LogP contribution in [0.15, 0.2) is 60.7 Å². The third-order valence-electron chi connectivity index (χ3n) is 6.57. The molecule has 0 aliphatic carbocycles. The second kappa shape index (κ2) is 19.8. The molecule has 0 bridgehead atoms. The number of amides is 4. The number of nitrogens with two attached hydrogens (primary N) is 2. The fourth-order valence-electron chi connectivity index (χ4n) is 4.33. The van der Waals surface area contributed by atoms with Gasteiger partial charge in [0.15, 0.2) is 0 Å². The third kappa shape index (κ3) is 11.8. The molecule has 2 saturated heterocycles. The van der Waals surface area contributed by atoms with Gasteiger partial charge in [-0.2, -0.15) is 14.9 Å². The quantitative estimate of drug-likeness (QED) is 0.129. The van der Waals surface area contributed by atoms with Crippen LogP contribution in [0, 0.1) is 11.3 Å². The number of benzene rings is 2. The average molecular weight is 701 g/mol. The number of carbonyl (C=O) groups excluding carboxylic acids is 4. The Morgan fingerprint density at radius 3 is 1.41 bits per heavy atom. The Balaban J connectivity index is 0.000000396. The zero-order chi connectivity index (χ0) is 31.8. The van der Waals surface area contributed by atoms with Crippen molar-refractivity contribution in [3.8, 4) is 6.07 Å². The summed E-state index contributed by atoms with van der Waals surface area (Å²) in [4.78, 5) is 46.2. The summed E-state index contributed by atoms with van der Waals surface area (Å²) < 4.78 is 11.7. The zero-order valence-electron chi connectivity index (χ0n) is 24.8. The van der Waals surface area contributed by atoms with Gasteiger partial charge >= 0.3 is 55.3 Å². The van der Waals surface area contributed by atoms with Gasteiger partial charge in [-0.15, -0.1) is 0 Å². The third-order valence-corrected chi connectivity index (χ3v) is 6.57. The first-order valence-corrected chi connectivity index (χ1v) is 13.6. The monoisotopic (exact) mass is 700 g/mol. The van der Waals surface area contributed by atoms with E-state index in [-0.39, 0.29) is 56.4 Å². The minimum Gasteiger partial charge on any atom is -0.464 e. The molecule has 2 fully saturated rings. The predicted molar refractivity (Wildman–Crippen MR) is 153 cm³/mol. The molecule has 2 aliphatic rings. The van der Waals surface area contributed by atoms with E-state index in [0.717, 1.165) is 11.1 Å². The maximum absolute atomic E-state index is 11.7. The molecular weight excluding hydrogens is 661 g/mol. The molecule has 0 saturated carbocycles. The number of hydrogen-bond donors (Lipinski definition) is 4. The number of quaternary nitrogens is 2. The normalized spacial score (nSPS) is 19.1. The van der Waals surface area contributed by atoms with Gasteiger partial charge in [0.2, 0.25) is 13.1 Å². The van der Waals surface area contributed by atoms with E-state index in [0.29, 0.717) is 25.7 Å². The van der Waals surface area contributed by atoms with Crippen LogP contribution in [-0.2, 0) is 51.4 Å². The molecule has 4 amide bonds. The molecule has 44 heavy (non-hydrogen) atoms. The van der Waals surface area contributed by atoms with E-state index in [4.69, 9.17) is 5.26 Å². The summed E-state index contributed by atoms with van der Waals surface area (Å²) in [5.41, 5.74) is 2.17. The number of nitrogens with zero attached hydrogens (tertiary/aromatic N) is 3. The van der Waals surface area contributed by atoms with Crippen molar-refractivity contribution in [2.24, 2.45) is 0 Å². The van der Waals surface area contributed by atoms with Gasteiger partial charge in [0.25, 0.3) is 12.1 Å². The molecule has 0 aromatic heterocycles. The first-order chi connectivity index (χ1) is 20.6. The molecule has 235 valence electrons. The molecular formula is C30H39N5O8Rh+6. The molecule has 2 heterocycles. The number of rotatable bonds is 8. The van der Waals surface area contributed by atoms with Gasteiger partial charge in [-0.1, -0.05) is 69.8 Å². The number of ether oxygens (including phenoxy) is 2. The van der Waals surface area contributed by atoms with Crippen molar-refractivity contribution in [1.82, 2.24) is 0 Å². The summed E-state index contributed by atoms with van der Waals surface area (Å²) in [6.45, 7) is 1.72. The van der Waals surface area contributed by atoms with Gasteiger partial charge < -0.3 is 19.7 Å². The number of aliphatic hydroxyl groups is 2. The molecule has 0 spiro atoms. The van der Waals surface area contributed by atoms with Gasteiger partial charge in [0.1, 0.15) is 0 Å². The summed E-state index contributed by atoms with van der Waals surface area (Å²) in [7, 11) is 2.56. The van der Waals surface area contributed by atoms with E-state index in [1.54, 1.807) is 6.07 Å². The maximum Gasteiger partial charge on any atom is 2.00 e. The molecule has 2 aromatic rings. The number of nitriles is 1. The molecule has 1 radical (unpaired) electrons. The number of primary amides is 2. The standard InChI is InChI=1S/2C14H16N2O4.C2H3N.Rh/c2*1-20-13(18)11-9-16(14(19)15-11)12(17)8-7-10-5-3-2-4-6-10;1-2-3;/h2*2-6,11H,7-9H2,1H3,(H,15,19);1H3;/q;;;+2/p+4. The van der Waals surface area contributed by atoms with E-state index in [2.05, 4.69) is 9.47 Å². The van der Waals surface area contributed by atoms with Crippen LogP contribution < -0.4 is 10.6 Å². The first-order valence-electron chi connectivity index (χ1n) is 13.6. The Morgan fingerprint density at radius 1 is 0.795 bits per heavy atom. The van der Waals surface area contributed by atoms with Crippen LogP contribution >= 0.6 is 0 Å². The maximum atomic E-state index is 11.7. The molecule has 2 aliphatic heterocycles. The smallest absolute Gasteiger partial charge is 0.464 e. The fourth-order valence-corrected chi connectivity index (χ4v) is 4.33. The Morgan fingerprint density at radius 2 is 1.11 bits per heavy atom. The number of hydrogen-bond acceptors (Lipinski definition) is 7. The first kappa shape index (κ1) is 37.7. The topological polar surface area (TPSA) is 190 Å². The molecule has 13 nitrogen and oxygen atoms in total. The van der Waals surface area contributed by atoms with Gasteiger partial charge in [-0.05, 0) is 24.0 Å². The molecule has 4 rings (SSSR count). The van der Waals surface area contributed by atoms with E-state index in [1.165, 1.54) is 40.9 Å². The summed E-state index contributed by atoms with van der Waals surface area (Å²) in [6.07, 6.45) is 1.99. The molecule has 6 N–H and O–H groups in total. The Bertz CT molecular complexity index is 1280. The number of methoxy groups -OCH3 is 2. The number of urea groups is 2. The van der Waals surface area contributed by atoms with Crippen LogP contribution in [0.5, 0.6) is 0 Å². The van der Waals surface area contributed by atoms with Crippen molar-refractivity contribution in [2.45, 2.75) is 44.7 Å². The predicted octanol–water partition coefficient (Wildman–Crippen LogP) is 0.181. The fraction of sp³-hybridized carbons (Fsp3) is 0.367. The molecule has 2 aromatic carbocycles. The van der Waals surface area contributed by atoms with Crippen LogP contribution in [0.1, 0.15) is 30.9 Å². The number of aryl methyl sites for hydroxylation is 2. The second-order valence-corrected chi connectivity index (χ2v) is 9.52. The molecule has 14 heteroatoms. The summed E-state index contributed by atoms with van der Waals surface area (Å²) >= 11 is 0. The summed E-state index contributed by atoms with van der Waals surface area (Å²) in [5.74, 6) is -0.948. The summed E-state index contributed by atoms with van der Waals surface area (Å²) in [6, 6.07) is 19.2. The minimum absolute atomic E-state index is 0. The SMILES string of the molecule is CC#N.COC(=O)C1C/[N+](=C(/O)CCc2ccccc2)C(=O)[NH2+]1.COC(=O)C1C/[N+](=C(/O)CCc2ccccc2)C(=O)[NH2+]1.[Rh+2]. The van der Waals surface area contributed by atoms with E-state index in [9.17, 15) is 29.4 Å². The summed E-state index contributed by atoms with van der Waals surface area (Å²) in [5, 5.41) is 29.9. The van der Waals surface area contributed by atoms with Crippen molar-refractivity contribution in [2.75, 3.05) is 27.3 Å². The van der Waals surface area contributed by atoms with Crippen LogP contribution in [0.25, 0.3) is 0 Å². The number of esters is 2. The number of aliphatic hydroxyl groups excluding tert-OH is 2. The van der Waals surface area contributed by atoms with Crippen LogP contribution in [0.3, 0.4) is 0 Å². The minimum atomic E-state index is -0.605.